The molecule has 23 heavy (non-hydrogen) atoms. The molecule has 0 saturated carbocycles. The highest BCUT2D eigenvalue weighted by Crippen LogP contribution is 2.18. The normalized spacial score (nSPS) is 10.3. The third kappa shape index (κ3) is 4.23. The van der Waals surface area contributed by atoms with Crippen molar-refractivity contribution in [2.75, 3.05) is 10.6 Å². The van der Waals surface area contributed by atoms with Crippen LogP contribution in [-0.4, -0.2) is 15.0 Å². The van der Waals surface area contributed by atoms with Crippen molar-refractivity contribution in [3.8, 4) is 0 Å². The average Bonchev–Trinajstić information content (AvgIpc) is 2.56. The van der Waals surface area contributed by atoms with Crippen LogP contribution in [0.2, 0.25) is 0 Å². The van der Waals surface area contributed by atoms with Gasteiger partial charge in [0.05, 0.1) is 0 Å². The summed E-state index contributed by atoms with van der Waals surface area (Å²) in [4.78, 5) is 12.7. The summed E-state index contributed by atoms with van der Waals surface area (Å²) in [6.45, 7) is 2.47. The van der Waals surface area contributed by atoms with Gasteiger partial charge in [-0.1, -0.05) is 0 Å². The topological polar surface area (TPSA) is 62.7 Å². The van der Waals surface area contributed by atoms with E-state index in [1.54, 1.807) is 24.5 Å². The first-order valence-electron chi connectivity index (χ1n) is 7.20. The molecule has 116 valence electrons. The van der Waals surface area contributed by atoms with Gasteiger partial charge in [0.1, 0.15) is 23.3 Å². The summed E-state index contributed by atoms with van der Waals surface area (Å²) in [6, 6.07) is 11.8. The lowest BCUT2D eigenvalue weighted by Crippen LogP contribution is -2.05. The minimum Gasteiger partial charge on any atom is -0.366 e. The van der Waals surface area contributed by atoms with E-state index in [2.05, 4.69) is 25.6 Å². The number of anilines is 3. The van der Waals surface area contributed by atoms with E-state index in [0.29, 0.717) is 18.2 Å². The fourth-order valence-electron chi connectivity index (χ4n) is 2.10. The molecule has 0 aliphatic carbocycles. The summed E-state index contributed by atoms with van der Waals surface area (Å²) in [5.74, 6) is 1.75. The number of halogens is 1. The molecule has 0 atom stereocenters. The molecule has 0 saturated heterocycles. The van der Waals surface area contributed by atoms with Crippen molar-refractivity contribution in [3.63, 3.8) is 0 Å². The Balaban J connectivity index is 1.72. The zero-order chi connectivity index (χ0) is 16.1. The van der Waals surface area contributed by atoms with E-state index >= 15 is 0 Å². The number of rotatable bonds is 5. The van der Waals surface area contributed by atoms with Crippen molar-refractivity contribution >= 4 is 17.3 Å². The Hall–Kier alpha value is -3.02. The molecule has 1 aromatic carbocycles. The number of nitrogens with zero attached hydrogens (tertiary/aromatic N) is 3. The number of nitrogens with one attached hydrogen (secondary N) is 2. The molecule has 0 amide bonds. The molecule has 2 aromatic heterocycles. The van der Waals surface area contributed by atoms with E-state index in [4.69, 9.17) is 0 Å². The van der Waals surface area contributed by atoms with Crippen LogP contribution in [0.5, 0.6) is 0 Å². The van der Waals surface area contributed by atoms with Gasteiger partial charge in [0.2, 0.25) is 0 Å². The Labute approximate surface area is 133 Å². The van der Waals surface area contributed by atoms with Crippen LogP contribution in [0.25, 0.3) is 0 Å². The molecular formula is C17H16FN5. The first-order chi connectivity index (χ1) is 11.2. The van der Waals surface area contributed by atoms with E-state index in [1.807, 2.05) is 25.1 Å². The second-order valence-corrected chi connectivity index (χ2v) is 5.03. The Kier molecular flexibility index (Phi) is 4.42. The molecule has 0 fully saturated rings. The Morgan fingerprint density at radius 3 is 2.39 bits per heavy atom. The van der Waals surface area contributed by atoms with E-state index in [9.17, 15) is 4.39 Å². The van der Waals surface area contributed by atoms with Crippen LogP contribution in [0, 0.1) is 12.7 Å². The van der Waals surface area contributed by atoms with Crippen LogP contribution in [0.15, 0.2) is 54.9 Å². The number of hydrogen-bond donors (Lipinski definition) is 2. The van der Waals surface area contributed by atoms with E-state index in [0.717, 1.165) is 17.1 Å². The highest BCUT2D eigenvalue weighted by Gasteiger charge is 2.03. The molecule has 2 heterocycles. The standard InChI is InChI=1S/C17H16FN5/c1-12-21-16(20-11-13-6-8-19-9-7-13)10-17(22-12)23-15-4-2-14(18)3-5-15/h2-10H,11H2,1H3,(H2,20,21,22,23). The molecule has 2 N–H and O–H groups in total. The predicted octanol–water partition coefficient (Wildman–Crippen LogP) is 3.67. The highest BCUT2D eigenvalue weighted by atomic mass is 19.1. The Morgan fingerprint density at radius 1 is 0.957 bits per heavy atom. The molecule has 3 aromatic rings. The van der Waals surface area contributed by atoms with Crippen LogP contribution < -0.4 is 10.6 Å². The Bertz CT molecular complexity index is 775. The van der Waals surface area contributed by atoms with Gasteiger partial charge in [-0.2, -0.15) is 0 Å². The second-order valence-electron chi connectivity index (χ2n) is 5.03. The molecule has 5 nitrogen and oxygen atoms in total. The Morgan fingerprint density at radius 2 is 1.65 bits per heavy atom. The van der Waals surface area contributed by atoms with Gasteiger partial charge in [-0.05, 0) is 48.9 Å². The van der Waals surface area contributed by atoms with Crippen LogP contribution in [-0.2, 0) is 6.54 Å². The first kappa shape index (κ1) is 14.9. The van der Waals surface area contributed by atoms with Crippen molar-refractivity contribution in [3.05, 3.63) is 72.1 Å². The number of benzene rings is 1. The lowest BCUT2D eigenvalue weighted by molar-refractivity contribution is 0.628. The number of aromatic nitrogens is 3. The molecule has 0 bridgehead atoms. The van der Waals surface area contributed by atoms with Gasteiger partial charge in [-0.15, -0.1) is 0 Å². The first-order valence-corrected chi connectivity index (χ1v) is 7.20. The summed E-state index contributed by atoms with van der Waals surface area (Å²) in [6.07, 6.45) is 3.51. The smallest absolute Gasteiger partial charge is 0.136 e. The molecule has 0 unspecified atom stereocenters. The van der Waals surface area contributed by atoms with Gasteiger partial charge in [0.15, 0.2) is 0 Å². The second kappa shape index (κ2) is 6.83. The van der Waals surface area contributed by atoms with Gasteiger partial charge in [0.25, 0.3) is 0 Å². The fourth-order valence-corrected chi connectivity index (χ4v) is 2.10. The maximum Gasteiger partial charge on any atom is 0.136 e. The highest BCUT2D eigenvalue weighted by molar-refractivity contribution is 5.59. The predicted molar refractivity (Wildman–Crippen MR) is 88.0 cm³/mol. The van der Waals surface area contributed by atoms with Gasteiger partial charge in [-0.3, -0.25) is 4.98 Å². The molecular weight excluding hydrogens is 293 g/mol. The monoisotopic (exact) mass is 309 g/mol. The maximum absolute atomic E-state index is 12.9. The maximum atomic E-state index is 12.9. The molecule has 6 heteroatoms. The summed E-state index contributed by atoms with van der Waals surface area (Å²) >= 11 is 0. The summed E-state index contributed by atoms with van der Waals surface area (Å²) in [5, 5.41) is 6.40. The van der Waals surface area contributed by atoms with Gasteiger partial charge < -0.3 is 10.6 Å². The third-order valence-corrected chi connectivity index (χ3v) is 3.18. The molecule has 0 radical (unpaired) electrons. The van der Waals surface area contributed by atoms with E-state index in [-0.39, 0.29) is 5.82 Å². The minimum absolute atomic E-state index is 0.269. The summed E-state index contributed by atoms with van der Waals surface area (Å²) in [7, 11) is 0. The van der Waals surface area contributed by atoms with Crippen LogP contribution in [0.4, 0.5) is 21.7 Å². The average molecular weight is 309 g/mol. The van der Waals surface area contributed by atoms with Gasteiger partial charge in [-0.25, -0.2) is 14.4 Å². The lowest BCUT2D eigenvalue weighted by atomic mass is 10.3. The largest absolute Gasteiger partial charge is 0.366 e. The summed E-state index contributed by atoms with van der Waals surface area (Å²) < 4.78 is 12.9. The summed E-state index contributed by atoms with van der Waals surface area (Å²) in [5.41, 5.74) is 1.88. The molecule has 0 aliphatic heterocycles. The van der Waals surface area contributed by atoms with Crippen molar-refractivity contribution in [2.24, 2.45) is 0 Å². The van der Waals surface area contributed by atoms with Crippen LogP contribution >= 0.6 is 0 Å². The zero-order valence-corrected chi connectivity index (χ0v) is 12.6. The van der Waals surface area contributed by atoms with Gasteiger partial charge in [0, 0.05) is 30.7 Å². The molecule has 0 aliphatic rings. The lowest BCUT2D eigenvalue weighted by Gasteiger charge is -2.10. The third-order valence-electron chi connectivity index (χ3n) is 3.18. The van der Waals surface area contributed by atoms with Crippen LogP contribution in [0.1, 0.15) is 11.4 Å². The van der Waals surface area contributed by atoms with Crippen molar-refractivity contribution in [1.82, 2.24) is 15.0 Å². The minimum atomic E-state index is -0.269. The quantitative estimate of drug-likeness (QED) is 0.753. The number of aryl methyl sites for hydroxylation is 1. The molecule has 3 rings (SSSR count). The van der Waals surface area contributed by atoms with Crippen molar-refractivity contribution < 1.29 is 4.39 Å². The zero-order valence-electron chi connectivity index (χ0n) is 12.6. The van der Waals surface area contributed by atoms with E-state index in [1.165, 1.54) is 12.1 Å². The molecule has 0 spiro atoms. The van der Waals surface area contributed by atoms with Crippen molar-refractivity contribution in [1.29, 1.82) is 0 Å². The fraction of sp³-hybridized carbons (Fsp3) is 0.118. The van der Waals surface area contributed by atoms with Crippen molar-refractivity contribution in [2.45, 2.75) is 13.5 Å². The number of hydrogen-bond acceptors (Lipinski definition) is 5. The SMILES string of the molecule is Cc1nc(NCc2ccncc2)cc(Nc2ccc(F)cc2)n1. The van der Waals surface area contributed by atoms with Gasteiger partial charge >= 0.3 is 0 Å². The van der Waals surface area contributed by atoms with E-state index < -0.39 is 0 Å². The van der Waals surface area contributed by atoms with Crippen LogP contribution in [0.3, 0.4) is 0 Å². The number of pyridine rings is 1.